The second-order valence-corrected chi connectivity index (χ2v) is 5.88. The van der Waals surface area contributed by atoms with Crippen molar-refractivity contribution < 1.29 is 0 Å². The summed E-state index contributed by atoms with van der Waals surface area (Å²) >= 11 is 5.85. The lowest BCUT2D eigenvalue weighted by atomic mass is 9.84. The summed E-state index contributed by atoms with van der Waals surface area (Å²) in [7, 11) is 2.12. The van der Waals surface area contributed by atoms with E-state index >= 15 is 0 Å². The number of hydrogen-bond acceptors (Lipinski definition) is 3. The molecule has 0 unspecified atom stereocenters. The van der Waals surface area contributed by atoms with Crippen LogP contribution in [-0.4, -0.2) is 23.1 Å². The average Bonchev–Trinajstić information content (AvgIpc) is 2.46. The molecule has 0 saturated heterocycles. The summed E-state index contributed by atoms with van der Waals surface area (Å²) in [5, 5.41) is 0. The van der Waals surface area contributed by atoms with Crippen molar-refractivity contribution in [3.05, 3.63) is 17.5 Å². The molecule has 1 aromatic heterocycles. The molecule has 1 saturated carbocycles. The van der Waals surface area contributed by atoms with Crippen molar-refractivity contribution in [1.29, 1.82) is 0 Å². The Balaban J connectivity index is 2.03. The molecule has 2 rings (SSSR count). The predicted molar refractivity (Wildman–Crippen MR) is 80.8 cm³/mol. The van der Waals surface area contributed by atoms with Crippen molar-refractivity contribution in [1.82, 2.24) is 9.97 Å². The number of nitrogens with zero attached hydrogens (tertiary/aromatic N) is 3. The van der Waals surface area contributed by atoms with Crippen molar-refractivity contribution in [2.75, 3.05) is 11.9 Å². The van der Waals surface area contributed by atoms with E-state index in [1.54, 1.807) is 0 Å². The van der Waals surface area contributed by atoms with Crippen LogP contribution in [0, 0.1) is 12.8 Å². The van der Waals surface area contributed by atoms with E-state index in [0.717, 1.165) is 23.1 Å². The van der Waals surface area contributed by atoms with E-state index in [1.807, 2.05) is 13.1 Å². The van der Waals surface area contributed by atoms with Crippen LogP contribution >= 0.6 is 11.6 Å². The van der Waals surface area contributed by atoms with E-state index in [2.05, 4.69) is 28.8 Å². The van der Waals surface area contributed by atoms with Crippen LogP contribution in [0.2, 0.25) is 0 Å². The lowest BCUT2D eigenvalue weighted by molar-refractivity contribution is 0.312. The zero-order valence-electron chi connectivity index (χ0n) is 12.2. The van der Waals surface area contributed by atoms with Gasteiger partial charge < -0.3 is 4.90 Å². The first-order valence-electron chi connectivity index (χ1n) is 7.27. The maximum Gasteiger partial charge on any atom is 0.225 e. The van der Waals surface area contributed by atoms with Gasteiger partial charge >= 0.3 is 0 Å². The highest BCUT2D eigenvalue weighted by Gasteiger charge is 2.24. The van der Waals surface area contributed by atoms with E-state index in [1.165, 1.54) is 32.1 Å². The van der Waals surface area contributed by atoms with Gasteiger partial charge in [0, 0.05) is 30.5 Å². The average molecular weight is 282 g/mol. The number of alkyl halides is 1. The smallest absolute Gasteiger partial charge is 0.225 e. The summed E-state index contributed by atoms with van der Waals surface area (Å²) in [4.78, 5) is 11.3. The van der Waals surface area contributed by atoms with Crippen LogP contribution in [0.15, 0.2) is 6.20 Å². The van der Waals surface area contributed by atoms with Gasteiger partial charge in [-0.1, -0.05) is 13.3 Å². The summed E-state index contributed by atoms with van der Waals surface area (Å²) in [5.41, 5.74) is 2.02. The molecule has 106 valence electrons. The van der Waals surface area contributed by atoms with Gasteiger partial charge in [-0.15, -0.1) is 11.6 Å². The minimum atomic E-state index is 0.484. The first-order chi connectivity index (χ1) is 9.15. The number of rotatable bonds is 4. The molecule has 1 heterocycles. The second-order valence-electron chi connectivity index (χ2n) is 5.61. The molecular weight excluding hydrogens is 258 g/mol. The van der Waals surface area contributed by atoms with Crippen molar-refractivity contribution in [3.63, 3.8) is 0 Å². The second kappa shape index (κ2) is 6.56. The van der Waals surface area contributed by atoms with Crippen molar-refractivity contribution in [2.24, 2.45) is 5.92 Å². The van der Waals surface area contributed by atoms with Crippen LogP contribution in [0.5, 0.6) is 0 Å². The molecule has 4 heteroatoms. The van der Waals surface area contributed by atoms with Gasteiger partial charge in [0.05, 0.1) is 5.88 Å². The lowest BCUT2D eigenvalue weighted by Gasteiger charge is -2.34. The zero-order valence-corrected chi connectivity index (χ0v) is 13.0. The number of aryl methyl sites for hydroxylation is 1. The lowest BCUT2D eigenvalue weighted by Crippen LogP contribution is -2.36. The molecule has 0 N–H and O–H groups in total. The molecule has 0 bridgehead atoms. The SMILES string of the molecule is CCC1CCC(N(C)c2ncc(CCl)c(C)n2)CC1. The fraction of sp³-hybridized carbons (Fsp3) is 0.733. The topological polar surface area (TPSA) is 29.0 Å². The predicted octanol–water partition coefficient (Wildman–Crippen LogP) is 3.93. The maximum absolute atomic E-state index is 5.85. The molecule has 1 aromatic rings. The van der Waals surface area contributed by atoms with E-state index in [4.69, 9.17) is 11.6 Å². The molecule has 0 atom stereocenters. The third-order valence-electron chi connectivity index (χ3n) is 4.47. The highest BCUT2D eigenvalue weighted by Crippen LogP contribution is 2.30. The number of anilines is 1. The Morgan fingerprint density at radius 3 is 2.53 bits per heavy atom. The number of hydrogen-bond donors (Lipinski definition) is 0. The monoisotopic (exact) mass is 281 g/mol. The molecule has 0 aromatic carbocycles. The normalized spacial score (nSPS) is 23.4. The van der Waals surface area contributed by atoms with Gasteiger partial charge in [0.2, 0.25) is 5.95 Å². The van der Waals surface area contributed by atoms with E-state index < -0.39 is 0 Å². The standard InChI is InChI=1S/C15H24ClN3/c1-4-12-5-7-14(8-6-12)19(3)15-17-10-13(9-16)11(2)18-15/h10,12,14H,4-9H2,1-3H3. The molecule has 1 aliphatic carbocycles. The van der Waals surface area contributed by atoms with Gasteiger partial charge in [0.15, 0.2) is 0 Å². The largest absolute Gasteiger partial charge is 0.341 e. The van der Waals surface area contributed by atoms with Crippen LogP contribution in [0.1, 0.15) is 50.3 Å². The highest BCUT2D eigenvalue weighted by molar-refractivity contribution is 6.17. The fourth-order valence-electron chi connectivity index (χ4n) is 2.88. The molecule has 0 radical (unpaired) electrons. The van der Waals surface area contributed by atoms with Gasteiger partial charge in [-0.3, -0.25) is 0 Å². The molecule has 19 heavy (non-hydrogen) atoms. The number of halogens is 1. The Kier molecular flexibility index (Phi) is 5.03. The minimum Gasteiger partial charge on any atom is -0.341 e. The highest BCUT2D eigenvalue weighted by atomic mass is 35.5. The van der Waals surface area contributed by atoms with Gasteiger partial charge in [-0.2, -0.15) is 0 Å². The molecular formula is C15H24ClN3. The minimum absolute atomic E-state index is 0.484. The molecule has 3 nitrogen and oxygen atoms in total. The first kappa shape index (κ1) is 14.6. The van der Waals surface area contributed by atoms with Crippen LogP contribution in [0.4, 0.5) is 5.95 Å². The zero-order chi connectivity index (χ0) is 13.8. The fourth-order valence-corrected chi connectivity index (χ4v) is 3.15. The van der Waals surface area contributed by atoms with Gasteiger partial charge in [0.1, 0.15) is 0 Å². The third-order valence-corrected chi connectivity index (χ3v) is 4.76. The summed E-state index contributed by atoms with van der Waals surface area (Å²) in [5.74, 6) is 2.24. The van der Waals surface area contributed by atoms with E-state index in [9.17, 15) is 0 Å². The Labute approximate surface area is 121 Å². The van der Waals surface area contributed by atoms with E-state index in [0.29, 0.717) is 11.9 Å². The summed E-state index contributed by atoms with van der Waals surface area (Å²) < 4.78 is 0. The van der Waals surface area contributed by atoms with Gasteiger partial charge in [-0.05, 0) is 38.5 Å². The Morgan fingerprint density at radius 2 is 2.00 bits per heavy atom. The Bertz CT molecular complexity index is 414. The van der Waals surface area contributed by atoms with Crippen LogP contribution < -0.4 is 4.90 Å². The molecule has 1 fully saturated rings. The Hall–Kier alpha value is -0.830. The van der Waals surface area contributed by atoms with Crippen LogP contribution in [-0.2, 0) is 5.88 Å². The summed E-state index contributed by atoms with van der Waals surface area (Å²) in [6, 6.07) is 0.587. The van der Waals surface area contributed by atoms with Crippen LogP contribution in [0.3, 0.4) is 0 Å². The third kappa shape index (κ3) is 3.38. The van der Waals surface area contributed by atoms with Crippen molar-refractivity contribution in [3.8, 4) is 0 Å². The van der Waals surface area contributed by atoms with Crippen LogP contribution in [0.25, 0.3) is 0 Å². The quantitative estimate of drug-likeness (QED) is 0.783. The molecule has 1 aliphatic rings. The Morgan fingerprint density at radius 1 is 1.32 bits per heavy atom. The van der Waals surface area contributed by atoms with Crippen molar-refractivity contribution in [2.45, 2.75) is 57.9 Å². The van der Waals surface area contributed by atoms with E-state index in [-0.39, 0.29) is 0 Å². The molecule has 0 amide bonds. The molecule has 0 spiro atoms. The van der Waals surface area contributed by atoms with Gasteiger partial charge in [-0.25, -0.2) is 9.97 Å². The van der Waals surface area contributed by atoms with Crippen molar-refractivity contribution >= 4 is 17.5 Å². The number of aromatic nitrogens is 2. The maximum atomic E-state index is 5.85. The molecule has 0 aliphatic heterocycles. The summed E-state index contributed by atoms with van der Waals surface area (Å²) in [6.07, 6.45) is 8.37. The van der Waals surface area contributed by atoms with Gasteiger partial charge in [0.25, 0.3) is 0 Å². The summed E-state index contributed by atoms with van der Waals surface area (Å²) in [6.45, 7) is 4.30. The first-order valence-corrected chi connectivity index (χ1v) is 7.80.